The fourth-order valence-electron chi connectivity index (χ4n) is 1.25. The second-order valence-corrected chi connectivity index (χ2v) is 4.24. The molecule has 0 bridgehead atoms. The number of halogens is 2. The molecule has 17 heavy (non-hydrogen) atoms. The Labute approximate surface area is 107 Å². The number of pyridine rings is 1. The van der Waals surface area contributed by atoms with Crippen LogP contribution in [0.1, 0.15) is 5.56 Å². The number of rotatable bonds is 3. The molecular formula is C12H10BrFN2O. The summed E-state index contributed by atoms with van der Waals surface area (Å²) in [5, 5.41) is 0. The number of hydrogen-bond acceptors (Lipinski definition) is 3. The number of ether oxygens (including phenoxy) is 1. The molecule has 2 N–H and O–H groups in total. The molecule has 0 spiro atoms. The largest absolute Gasteiger partial charge is 0.439 e. The molecule has 2 aromatic rings. The van der Waals surface area contributed by atoms with Gasteiger partial charge in [0.25, 0.3) is 0 Å². The van der Waals surface area contributed by atoms with Gasteiger partial charge in [-0.1, -0.05) is 6.07 Å². The summed E-state index contributed by atoms with van der Waals surface area (Å²) in [6, 6.07) is 7.97. The molecule has 0 aliphatic carbocycles. The minimum Gasteiger partial charge on any atom is -0.439 e. The molecule has 5 heteroatoms. The van der Waals surface area contributed by atoms with Crippen LogP contribution in [0.4, 0.5) is 4.39 Å². The highest BCUT2D eigenvalue weighted by atomic mass is 79.9. The van der Waals surface area contributed by atoms with Crippen LogP contribution >= 0.6 is 15.9 Å². The first-order chi connectivity index (χ1) is 8.19. The van der Waals surface area contributed by atoms with E-state index in [1.807, 2.05) is 6.07 Å². The number of hydrogen-bond donors (Lipinski definition) is 1. The van der Waals surface area contributed by atoms with Crippen LogP contribution in [-0.2, 0) is 6.54 Å². The van der Waals surface area contributed by atoms with E-state index in [9.17, 15) is 4.39 Å². The Kier molecular flexibility index (Phi) is 3.71. The molecule has 0 amide bonds. The molecule has 1 aromatic heterocycles. The molecule has 88 valence electrons. The van der Waals surface area contributed by atoms with E-state index >= 15 is 0 Å². The van der Waals surface area contributed by atoms with Crippen LogP contribution in [0.25, 0.3) is 0 Å². The van der Waals surface area contributed by atoms with Crippen molar-refractivity contribution in [1.29, 1.82) is 0 Å². The van der Waals surface area contributed by atoms with E-state index in [0.717, 1.165) is 5.56 Å². The minimum absolute atomic E-state index is 0.330. The van der Waals surface area contributed by atoms with Gasteiger partial charge in [0.15, 0.2) is 0 Å². The first-order valence-corrected chi connectivity index (χ1v) is 5.76. The van der Waals surface area contributed by atoms with Crippen LogP contribution in [0.15, 0.2) is 41.0 Å². The third kappa shape index (κ3) is 3.01. The predicted octanol–water partition coefficient (Wildman–Crippen LogP) is 3.23. The van der Waals surface area contributed by atoms with Gasteiger partial charge in [-0.3, -0.25) is 0 Å². The van der Waals surface area contributed by atoms with Crippen molar-refractivity contribution in [1.82, 2.24) is 4.98 Å². The van der Waals surface area contributed by atoms with Gasteiger partial charge in [-0.2, -0.15) is 0 Å². The number of benzene rings is 1. The fourth-order valence-corrected chi connectivity index (χ4v) is 1.61. The van der Waals surface area contributed by atoms with Crippen molar-refractivity contribution in [2.75, 3.05) is 0 Å². The summed E-state index contributed by atoms with van der Waals surface area (Å²) in [5.74, 6) is 0.635. The molecule has 0 atom stereocenters. The molecule has 0 fully saturated rings. The standard InChI is InChI=1S/C12H10BrFN2O/c13-10-5-9(2-3-11(10)14)17-12-4-1-8(6-15)7-16-12/h1-5,7H,6,15H2. The van der Waals surface area contributed by atoms with Gasteiger partial charge in [0, 0.05) is 18.8 Å². The molecular weight excluding hydrogens is 287 g/mol. The van der Waals surface area contributed by atoms with Crippen molar-refractivity contribution >= 4 is 15.9 Å². The molecule has 0 aliphatic rings. The zero-order chi connectivity index (χ0) is 12.3. The normalized spacial score (nSPS) is 10.3. The third-order valence-corrected chi connectivity index (χ3v) is 2.75. The van der Waals surface area contributed by atoms with E-state index in [0.29, 0.717) is 22.6 Å². The quantitative estimate of drug-likeness (QED) is 0.946. The van der Waals surface area contributed by atoms with Gasteiger partial charge in [-0.15, -0.1) is 0 Å². The average molecular weight is 297 g/mol. The van der Waals surface area contributed by atoms with Crippen LogP contribution in [0, 0.1) is 5.82 Å². The lowest BCUT2D eigenvalue weighted by Gasteiger charge is -2.05. The fraction of sp³-hybridized carbons (Fsp3) is 0.0833. The zero-order valence-corrected chi connectivity index (χ0v) is 10.4. The minimum atomic E-state index is -0.330. The maximum absolute atomic E-state index is 13.0. The Morgan fingerprint density at radius 1 is 1.29 bits per heavy atom. The number of nitrogens with two attached hydrogens (primary N) is 1. The number of nitrogens with zero attached hydrogens (tertiary/aromatic N) is 1. The molecule has 2 rings (SSSR count). The summed E-state index contributed by atoms with van der Waals surface area (Å²) in [7, 11) is 0. The summed E-state index contributed by atoms with van der Waals surface area (Å²) in [4.78, 5) is 4.09. The van der Waals surface area contributed by atoms with E-state index in [2.05, 4.69) is 20.9 Å². The van der Waals surface area contributed by atoms with Crippen LogP contribution in [0.3, 0.4) is 0 Å². The van der Waals surface area contributed by atoms with Crippen LogP contribution in [0.5, 0.6) is 11.6 Å². The zero-order valence-electron chi connectivity index (χ0n) is 8.86. The van der Waals surface area contributed by atoms with E-state index in [1.165, 1.54) is 6.07 Å². The van der Waals surface area contributed by atoms with Crippen LogP contribution < -0.4 is 10.5 Å². The average Bonchev–Trinajstić information content (AvgIpc) is 2.35. The SMILES string of the molecule is NCc1ccc(Oc2ccc(F)c(Br)c2)nc1. The monoisotopic (exact) mass is 296 g/mol. The van der Waals surface area contributed by atoms with Gasteiger partial charge in [0.2, 0.25) is 5.88 Å². The maximum Gasteiger partial charge on any atom is 0.219 e. The first kappa shape index (κ1) is 12.0. The lowest BCUT2D eigenvalue weighted by molar-refractivity contribution is 0.460. The van der Waals surface area contributed by atoms with Crippen molar-refractivity contribution in [2.45, 2.75) is 6.54 Å². The summed E-state index contributed by atoms with van der Waals surface area (Å²) in [6.45, 7) is 0.440. The summed E-state index contributed by atoms with van der Waals surface area (Å²) in [6.07, 6.45) is 1.65. The highest BCUT2D eigenvalue weighted by molar-refractivity contribution is 9.10. The Balaban J connectivity index is 2.16. The predicted molar refractivity (Wildman–Crippen MR) is 66.3 cm³/mol. The van der Waals surface area contributed by atoms with Crippen molar-refractivity contribution in [3.63, 3.8) is 0 Å². The smallest absolute Gasteiger partial charge is 0.219 e. The van der Waals surface area contributed by atoms with Gasteiger partial charge in [0.1, 0.15) is 11.6 Å². The third-order valence-electron chi connectivity index (χ3n) is 2.15. The van der Waals surface area contributed by atoms with Gasteiger partial charge < -0.3 is 10.5 Å². The number of aromatic nitrogens is 1. The van der Waals surface area contributed by atoms with Crippen LogP contribution in [-0.4, -0.2) is 4.98 Å². The lowest BCUT2D eigenvalue weighted by Crippen LogP contribution is -1.97. The molecule has 0 unspecified atom stereocenters. The van der Waals surface area contributed by atoms with E-state index in [4.69, 9.17) is 10.5 Å². The Hall–Kier alpha value is -1.46. The molecule has 0 saturated carbocycles. The van der Waals surface area contributed by atoms with Crippen molar-refractivity contribution in [3.8, 4) is 11.6 Å². The Bertz CT molecular complexity index is 516. The van der Waals surface area contributed by atoms with E-state index < -0.39 is 0 Å². The Morgan fingerprint density at radius 2 is 2.12 bits per heavy atom. The van der Waals surface area contributed by atoms with Gasteiger partial charge >= 0.3 is 0 Å². The molecule has 1 aromatic carbocycles. The van der Waals surface area contributed by atoms with Crippen molar-refractivity contribution in [3.05, 3.63) is 52.4 Å². The lowest BCUT2D eigenvalue weighted by atomic mass is 10.3. The van der Waals surface area contributed by atoms with Crippen molar-refractivity contribution < 1.29 is 9.13 Å². The molecule has 0 saturated heterocycles. The molecule has 0 aliphatic heterocycles. The topological polar surface area (TPSA) is 48.1 Å². The van der Waals surface area contributed by atoms with Gasteiger partial charge in [-0.05, 0) is 39.7 Å². The molecule has 3 nitrogen and oxygen atoms in total. The highest BCUT2D eigenvalue weighted by Gasteiger charge is 2.03. The Morgan fingerprint density at radius 3 is 2.71 bits per heavy atom. The summed E-state index contributed by atoms with van der Waals surface area (Å²) < 4.78 is 18.8. The summed E-state index contributed by atoms with van der Waals surface area (Å²) >= 11 is 3.09. The highest BCUT2D eigenvalue weighted by Crippen LogP contribution is 2.25. The molecule has 1 heterocycles. The summed E-state index contributed by atoms with van der Waals surface area (Å²) in [5.41, 5.74) is 6.39. The molecule has 0 radical (unpaired) electrons. The van der Waals surface area contributed by atoms with Gasteiger partial charge in [-0.25, -0.2) is 9.37 Å². The van der Waals surface area contributed by atoms with Crippen LogP contribution in [0.2, 0.25) is 0 Å². The second kappa shape index (κ2) is 5.25. The van der Waals surface area contributed by atoms with Gasteiger partial charge in [0.05, 0.1) is 4.47 Å². The first-order valence-electron chi connectivity index (χ1n) is 4.97. The second-order valence-electron chi connectivity index (χ2n) is 3.39. The van der Waals surface area contributed by atoms with Crippen molar-refractivity contribution in [2.24, 2.45) is 5.73 Å². The maximum atomic E-state index is 13.0. The van der Waals surface area contributed by atoms with E-state index in [1.54, 1.807) is 24.4 Å². The van der Waals surface area contributed by atoms with E-state index in [-0.39, 0.29) is 5.82 Å².